The van der Waals surface area contributed by atoms with Crippen LogP contribution in [0.5, 0.6) is 0 Å². The van der Waals surface area contributed by atoms with E-state index in [2.05, 4.69) is 16.4 Å². The molecule has 0 bridgehead atoms. The first-order chi connectivity index (χ1) is 10.3. The summed E-state index contributed by atoms with van der Waals surface area (Å²) in [6.45, 7) is 1.88. The highest BCUT2D eigenvalue weighted by Gasteiger charge is 2.35. The normalized spacial score (nSPS) is 21.3. The summed E-state index contributed by atoms with van der Waals surface area (Å²) < 4.78 is 11.1. The maximum absolute atomic E-state index is 9.31. The maximum atomic E-state index is 9.31. The number of nitriles is 1. The van der Waals surface area contributed by atoms with Gasteiger partial charge in [-0.3, -0.25) is 4.98 Å². The predicted molar refractivity (Wildman–Crippen MR) is 80.1 cm³/mol. The zero-order valence-electron chi connectivity index (χ0n) is 11.9. The molecule has 3 rings (SSSR count). The number of benzene rings is 1. The number of para-hydroxylation sites is 1. The van der Waals surface area contributed by atoms with E-state index in [0.717, 1.165) is 23.0 Å². The standard InChI is InChI=1S/C16H17N3O2/c1-20-16(6-7-21-11-16)10-19-15-12(8-17)9-18-14-5-3-2-4-13(14)15/h2-5,9H,6-7,10-11H2,1H3,(H,18,19). The molecule has 21 heavy (non-hydrogen) atoms. The van der Waals surface area contributed by atoms with Gasteiger partial charge in [-0.1, -0.05) is 18.2 Å². The van der Waals surface area contributed by atoms with Crippen molar-refractivity contribution in [2.75, 3.05) is 32.2 Å². The van der Waals surface area contributed by atoms with Crippen molar-refractivity contribution in [3.8, 4) is 6.07 Å². The van der Waals surface area contributed by atoms with Crippen LogP contribution < -0.4 is 5.32 Å². The number of hydrogen-bond acceptors (Lipinski definition) is 5. The topological polar surface area (TPSA) is 67.2 Å². The minimum Gasteiger partial charge on any atom is -0.380 e. The highest BCUT2D eigenvalue weighted by molar-refractivity contribution is 5.93. The number of anilines is 1. The Morgan fingerprint density at radius 1 is 1.48 bits per heavy atom. The van der Waals surface area contributed by atoms with Gasteiger partial charge in [0.2, 0.25) is 0 Å². The monoisotopic (exact) mass is 283 g/mol. The van der Waals surface area contributed by atoms with Crippen molar-refractivity contribution in [2.45, 2.75) is 12.0 Å². The molecule has 5 nitrogen and oxygen atoms in total. The van der Waals surface area contributed by atoms with Gasteiger partial charge in [0.05, 0.1) is 23.4 Å². The molecule has 1 atom stereocenters. The van der Waals surface area contributed by atoms with E-state index in [-0.39, 0.29) is 5.60 Å². The number of aromatic nitrogens is 1. The Morgan fingerprint density at radius 2 is 2.33 bits per heavy atom. The van der Waals surface area contributed by atoms with Gasteiger partial charge >= 0.3 is 0 Å². The first-order valence-corrected chi connectivity index (χ1v) is 6.93. The molecule has 5 heteroatoms. The Bertz CT molecular complexity index is 687. The van der Waals surface area contributed by atoms with Crippen molar-refractivity contribution in [2.24, 2.45) is 0 Å². The van der Waals surface area contributed by atoms with Crippen LogP contribution >= 0.6 is 0 Å². The molecule has 0 radical (unpaired) electrons. The fourth-order valence-electron chi connectivity index (χ4n) is 2.63. The van der Waals surface area contributed by atoms with Crippen molar-refractivity contribution in [3.05, 3.63) is 36.0 Å². The van der Waals surface area contributed by atoms with Crippen molar-refractivity contribution in [1.82, 2.24) is 4.98 Å². The van der Waals surface area contributed by atoms with Gasteiger partial charge < -0.3 is 14.8 Å². The lowest BCUT2D eigenvalue weighted by atomic mass is 10.0. The fourth-order valence-corrected chi connectivity index (χ4v) is 2.63. The van der Waals surface area contributed by atoms with Crippen LogP contribution in [0.3, 0.4) is 0 Å². The first kappa shape index (κ1) is 13.8. The average Bonchev–Trinajstić information content (AvgIpc) is 3.02. The Kier molecular flexibility index (Phi) is 3.74. The minimum absolute atomic E-state index is 0.322. The number of hydrogen-bond donors (Lipinski definition) is 1. The Hall–Kier alpha value is -2.16. The van der Waals surface area contributed by atoms with Crippen molar-refractivity contribution >= 4 is 16.6 Å². The van der Waals surface area contributed by atoms with Crippen molar-refractivity contribution in [1.29, 1.82) is 5.26 Å². The number of fused-ring (bicyclic) bond motifs is 1. The Labute approximate surface area is 123 Å². The number of rotatable bonds is 4. The molecule has 1 aliphatic rings. The van der Waals surface area contributed by atoms with E-state index >= 15 is 0 Å². The van der Waals surface area contributed by atoms with Crippen LogP contribution in [0.1, 0.15) is 12.0 Å². The zero-order chi connectivity index (χ0) is 14.7. The highest BCUT2D eigenvalue weighted by Crippen LogP contribution is 2.28. The van der Waals surface area contributed by atoms with E-state index in [9.17, 15) is 5.26 Å². The van der Waals surface area contributed by atoms with E-state index in [0.29, 0.717) is 25.3 Å². The Balaban J connectivity index is 1.94. The van der Waals surface area contributed by atoms with Crippen molar-refractivity contribution < 1.29 is 9.47 Å². The van der Waals surface area contributed by atoms with Gasteiger partial charge in [-0.25, -0.2) is 0 Å². The van der Waals surface area contributed by atoms with Crippen LogP contribution in [-0.4, -0.2) is 37.5 Å². The van der Waals surface area contributed by atoms with E-state index < -0.39 is 0 Å². The minimum atomic E-state index is -0.322. The lowest BCUT2D eigenvalue weighted by Gasteiger charge is -2.27. The first-order valence-electron chi connectivity index (χ1n) is 6.93. The van der Waals surface area contributed by atoms with Gasteiger partial charge in [0.1, 0.15) is 11.7 Å². The van der Waals surface area contributed by atoms with Crippen LogP contribution in [0, 0.1) is 11.3 Å². The average molecular weight is 283 g/mol. The van der Waals surface area contributed by atoms with Gasteiger partial charge in [0.25, 0.3) is 0 Å². The second-order valence-corrected chi connectivity index (χ2v) is 5.22. The van der Waals surface area contributed by atoms with Gasteiger partial charge in [-0.2, -0.15) is 5.26 Å². The third kappa shape index (κ3) is 2.56. The number of ether oxygens (including phenoxy) is 2. The summed E-state index contributed by atoms with van der Waals surface area (Å²) in [5.41, 5.74) is 1.90. The number of methoxy groups -OCH3 is 1. The summed E-state index contributed by atoms with van der Waals surface area (Å²) in [5, 5.41) is 13.6. The molecule has 0 aliphatic carbocycles. The molecule has 1 N–H and O–H groups in total. The number of nitrogens with one attached hydrogen (secondary N) is 1. The summed E-state index contributed by atoms with van der Waals surface area (Å²) >= 11 is 0. The van der Waals surface area contributed by atoms with E-state index in [4.69, 9.17) is 9.47 Å². The summed E-state index contributed by atoms with van der Waals surface area (Å²) in [5.74, 6) is 0. The molecule has 1 fully saturated rings. The van der Waals surface area contributed by atoms with Gasteiger partial charge in [0, 0.05) is 38.3 Å². The smallest absolute Gasteiger partial charge is 0.110 e. The molecular formula is C16H17N3O2. The van der Waals surface area contributed by atoms with Crippen LogP contribution in [0.25, 0.3) is 10.9 Å². The van der Waals surface area contributed by atoms with E-state index in [1.165, 1.54) is 0 Å². The van der Waals surface area contributed by atoms with Crippen LogP contribution in [0.2, 0.25) is 0 Å². The van der Waals surface area contributed by atoms with Crippen molar-refractivity contribution in [3.63, 3.8) is 0 Å². The van der Waals surface area contributed by atoms with Gasteiger partial charge in [-0.15, -0.1) is 0 Å². The largest absolute Gasteiger partial charge is 0.380 e. The molecule has 108 valence electrons. The SMILES string of the molecule is COC1(CNc2c(C#N)cnc3ccccc23)CCOC1. The number of pyridine rings is 1. The summed E-state index contributed by atoms with van der Waals surface area (Å²) in [4.78, 5) is 4.31. The predicted octanol–water partition coefficient (Wildman–Crippen LogP) is 2.32. The lowest BCUT2D eigenvalue weighted by molar-refractivity contribution is -0.00618. The molecule has 2 aromatic rings. The number of nitrogens with zero attached hydrogens (tertiary/aromatic N) is 2. The highest BCUT2D eigenvalue weighted by atomic mass is 16.5. The van der Waals surface area contributed by atoms with Gasteiger partial charge in [-0.05, 0) is 6.07 Å². The molecule has 2 heterocycles. The quantitative estimate of drug-likeness (QED) is 0.932. The van der Waals surface area contributed by atoms with Crippen LogP contribution in [0.4, 0.5) is 5.69 Å². The third-order valence-corrected chi connectivity index (χ3v) is 3.98. The molecular weight excluding hydrogens is 266 g/mol. The zero-order valence-corrected chi connectivity index (χ0v) is 11.9. The van der Waals surface area contributed by atoms with Crippen LogP contribution in [-0.2, 0) is 9.47 Å². The van der Waals surface area contributed by atoms with Crippen LogP contribution in [0.15, 0.2) is 30.5 Å². The Morgan fingerprint density at radius 3 is 3.05 bits per heavy atom. The summed E-state index contributed by atoms with van der Waals surface area (Å²) in [6.07, 6.45) is 2.46. The third-order valence-electron chi connectivity index (χ3n) is 3.98. The molecule has 1 saturated heterocycles. The van der Waals surface area contributed by atoms with Gasteiger partial charge in [0.15, 0.2) is 0 Å². The lowest BCUT2D eigenvalue weighted by Crippen LogP contribution is -2.39. The summed E-state index contributed by atoms with van der Waals surface area (Å²) in [6, 6.07) is 9.98. The second-order valence-electron chi connectivity index (χ2n) is 5.22. The summed E-state index contributed by atoms with van der Waals surface area (Å²) in [7, 11) is 1.70. The van der Waals surface area contributed by atoms with E-state index in [1.807, 2.05) is 24.3 Å². The molecule has 1 aliphatic heterocycles. The second kappa shape index (κ2) is 5.68. The molecule has 1 aromatic carbocycles. The fraction of sp³-hybridized carbons (Fsp3) is 0.375. The van der Waals surface area contributed by atoms with E-state index in [1.54, 1.807) is 13.3 Å². The maximum Gasteiger partial charge on any atom is 0.110 e. The molecule has 1 unspecified atom stereocenters. The molecule has 0 spiro atoms. The molecule has 0 saturated carbocycles. The molecule has 0 amide bonds. The molecule has 1 aromatic heterocycles.